The highest BCUT2D eigenvalue weighted by Gasteiger charge is 2.24. The summed E-state index contributed by atoms with van der Waals surface area (Å²) >= 11 is 0. The van der Waals surface area contributed by atoms with E-state index in [-0.39, 0.29) is 0 Å². The normalized spacial score (nSPS) is 23.4. The number of rotatable bonds is 6. The van der Waals surface area contributed by atoms with Crippen molar-refractivity contribution in [1.29, 1.82) is 0 Å². The van der Waals surface area contributed by atoms with Gasteiger partial charge in [0.1, 0.15) is 0 Å². The summed E-state index contributed by atoms with van der Waals surface area (Å²) in [6.07, 6.45) is 4.94. The van der Waals surface area contributed by atoms with Crippen molar-refractivity contribution in [2.24, 2.45) is 11.8 Å². The Morgan fingerprint density at radius 2 is 1.42 bits per heavy atom. The van der Waals surface area contributed by atoms with Crippen LogP contribution in [0.25, 0.3) is 0 Å². The first-order chi connectivity index (χ1) is 5.84. The molecule has 0 heterocycles. The molecule has 0 aliphatic heterocycles. The number of hydrogen-bond donors (Lipinski definition) is 0. The third-order valence-corrected chi connectivity index (χ3v) is 3.07. The van der Waals surface area contributed by atoms with Crippen molar-refractivity contribution in [3.63, 3.8) is 0 Å². The van der Waals surface area contributed by atoms with E-state index in [0.717, 1.165) is 0 Å². The molecular formula is C8H15O3P. The van der Waals surface area contributed by atoms with E-state index in [4.69, 9.17) is 9.05 Å². The van der Waals surface area contributed by atoms with Crippen molar-refractivity contribution in [2.75, 3.05) is 13.2 Å². The Bertz CT molecular complexity index is 157. The summed E-state index contributed by atoms with van der Waals surface area (Å²) in [5.74, 6) is 1.34. The summed E-state index contributed by atoms with van der Waals surface area (Å²) in [6, 6.07) is 0. The fourth-order valence-corrected chi connectivity index (χ4v) is 1.81. The zero-order chi connectivity index (χ0) is 8.39. The lowest BCUT2D eigenvalue weighted by molar-refractivity contribution is 0.212. The molecule has 0 atom stereocenters. The van der Waals surface area contributed by atoms with Gasteiger partial charge >= 0.3 is 8.25 Å². The second-order valence-electron chi connectivity index (χ2n) is 3.76. The van der Waals surface area contributed by atoms with Crippen molar-refractivity contribution in [3.8, 4) is 0 Å². The van der Waals surface area contributed by atoms with Gasteiger partial charge in [0.05, 0.1) is 13.2 Å². The van der Waals surface area contributed by atoms with E-state index in [1.165, 1.54) is 25.7 Å². The number of hydrogen-bond acceptors (Lipinski definition) is 3. The summed E-state index contributed by atoms with van der Waals surface area (Å²) in [4.78, 5) is 0. The molecule has 2 fully saturated rings. The molecule has 0 bridgehead atoms. The zero-order valence-electron chi connectivity index (χ0n) is 7.12. The Kier molecular flexibility index (Phi) is 2.84. The van der Waals surface area contributed by atoms with Gasteiger partial charge in [0.25, 0.3) is 0 Å². The molecule has 2 rings (SSSR count). The van der Waals surface area contributed by atoms with Crippen LogP contribution >= 0.6 is 8.25 Å². The van der Waals surface area contributed by atoms with Gasteiger partial charge in [-0.05, 0) is 37.5 Å². The van der Waals surface area contributed by atoms with Crippen LogP contribution in [0.15, 0.2) is 0 Å². The third kappa shape index (κ3) is 3.26. The topological polar surface area (TPSA) is 35.5 Å². The van der Waals surface area contributed by atoms with Crippen LogP contribution in [0, 0.1) is 11.8 Å². The monoisotopic (exact) mass is 190 g/mol. The molecule has 0 saturated heterocycles. The van der Waals surface area contributed by atoms with Gasteiger partial charge in [0.15, 0.2) is 0 Å². The van der Waals surface area contributed by atoms with E-state index in [2.05, 4.69) is 0 Å². The minimum Gasteiger partial charge on any atom is -0.310 e. The van der Waals surface area contributed by atoms with E-state index in [0.29, 0.717) is 25.0 Å². The maximum atomic E-state index is 11.0. The lowest BCUT2D eigenvalue weighted by atomic mass is 10.5. The first-order valence-electron chi connectivity index (χ1n) is 4.64. The van der Waals surface area contributed by atoms with Gasteiger partial charge < -0.3 is 9.05 Å². The largest absolute Gasteiger partial charge is 0.319 e. The highest BCUT2D eigenvalue weighted by atomic mass is 31.1. The van der Waals surface area contributed by atoms with E-state index in [1.807, 2.05) is 0 Å². The Hall–Kier alpha value is 0.150. The Balaban J connectivity index is 1.50. The minimum absolute atomic E-state index is 0.641. The van der Waals surface area contributed by atoms with Crippen molar-refractivity contribution in [2.45, 2.75) is 25.7 Å². The molecule has 3 nitrogen and oxygen atoms in total. The van der Waals surface area contributed by atoms with Crippen LogP contribution in [0.5, 0.6) is 0 Å². The van der Waals surface area contributed by atoms with E-state index < -0.39 is 8.25 Å². The molecular weight excluding hydrogens is 175 g/mol. The third-order valence-electron chi connectivity index (χ3n) is 2.27. The van der Waals surface area contributed by atoms with Crippen LogP contribution in [0.3, 0.4) is 0 Å². The Labute approximate surface area is 73.4 Å². The highest BCUT2D eigenvalue weighted by molar-refractivity contribution is 7.33. The molecule has 4 heteroatoms. The van der Waals surface area contributed by atoms with Crippen molar-refractivity contribution >= 4 is 8.25 Å². The molecule has 0 aromatic carbocycles. The molecule has 0 aromatic rings. The molecule has 12 heavy (non-hydrogen) atoms. The molecule has 0 N–H and O–H groups in total. The minimum atomic E-state index is -2.15. The maximum Gasteiger partial charge on any atom is 0.319 e. The molecule has 2 aliphatic rings. The Morgan fingerprint density at radius 1 is 1.00 bits per heavy atom. The average Bonchev–Trinajstić information content (AvgIpc) is 2.89. The lowest BCUT2D eigenvalue weighted by Gasteiger charge is -2.03. The molecule has 2 aliphatic carbocycles. The maximum absolute atomic E-state index is 11.0. The molecule has 2 saturated carbocycles. The summed E-state index contributed by atoms with van der Waals surface area (Å²) in [5.41, 5.74) is 0. The van der Waals surface area contributed by atoms with Crippen molar-refractivity contribution in [3.05, 3.63) is 0 Å². The standard InChI is InChI=1S/C8H15O3P/c9-12(10-5-7-1-2-7)11-6-8-3-4-8/h7-8,12H,1-6H2. The quantitative estimate of drug-likeness (QED) is 0.602. The highest BCUT2D eigenvalue weighted by Crippen LogP contribution is 2.36. The molecule has 0 amide bonds. The van der Waals surface area contributed by atoms with Gasteiger partial charge in [-0.2, -0.15) is 0 Å². The van der Waals surface area contributed by atoms with Crippen LogP contribution in [-0.2, 0) is 13.6 Å². The van der Waals surface area contributed by atoms with Crippen LogP contribution in [0.2, 0.25) is 0 Å². The van der Waals surface area contributed by atoms with Crippen LogP contribution in [-0.4, -0.2) is 13.2 Å². The molecule has 0 spiro atoms. The van der Waals surface area contributed by atoms with Crippen molar-refractivity contribution < 1.29 is 13.6 Å². The van der Waals surface area contributed by atoms with Crippen LogP contribution < -0.4 is 0 Å². The van der Waals surface area contributed by atoms with E-state index >= 15 is 0 Å². The van der Waals surface area contributed by atoms with E-state index in [9.17, 15) is 4.57 Å². The van der Waals surface area contributed by atoms with Gasteiger partial charge in [0.2, 0.25) is 0 Å². The van der Waals surface area contributed by atoms with Crippen LogP contribution in [0.1, 0.15) is 25.7 Å². The predicted octanol–water partition coefficient (Wildman–Crippen LogP) is 2.23. The fourth-order valence-electron chi connectivity index (χ4n) is 0.982. The molecule has 70 valence electrons. The SMILES string of the molecule is O=[PH](OCC1CC1)OCC1CC1. The van der Waals surface area contributed by atoms with Gasteiger partial charge in [-0.15, -0.1) is 0 Å². The Morgan fingerprint density at radius 3 is 1.75 bits per heavy atom. The summed E-state index contributed by atoms with van der Waals surface area (Å²) < 4.78 is 21.2. The molecule has 0 unspecified atom stereocenters. The summed E-state index contributed by atoms with van der Waals surface area (Å²) in [7, 11) is -2.15. The van der Waals surface area contributed by atoms with Gasteiger partial charge in [0, 0.05) is 0 Å². The fraction of sp³-hybridized carbons (Fsp3) is 1.00. The average molecular weight is 190 g/mol. The first kappa shape index (κ1) is 8.74. The smallest absolute Gasteiger partial charge is 0.310 e. The zero-order valence-corrected chi connectivity index (χ0v) is 8.12. The second-order valence-corrected chi connectivity index (χ2v) is 4.84. The second kappa shape index (κ2) is 3.91. The molecule has 0 aromatic heterocycles. The van der Waals surface area contributed by atoms with Gasteiger partial charge in [-0.25, -0.2) is 0 Å². The molecule has 0 radical (unpaired) electrons. The summed E-state index contributed by atoms with van der Waals surface area (Å²) in [6.45, 7) is 1.28. The van der Waals surface area contributed by atoms with Crippen LogP contribution in [0.4, 0.5) is 0 Å². The predicted molar refractivity (Wildman–Crippen MR) is 46.4 cm³/mol. The first-order valence-corrected chi connectivity index (χ1v) is 5.86. The summed E-state index contributed by atoms with van der Waals surface area (Å²) in [5, 5.41) is 0. The van der Waals surface area contributed by atoms with Gasteiger partial charge in [-0.1, -0.05) is 0 Å². The van der Waals surface area contributed by atoms with Gasteiger partial charge in [-0.3, -0.25) is 4.57 Å². The van der Waals surface area contributed by atoms with Crippen molar-refractivity contribution in [1.82, 2.24) is 0 Å². The van der Waals surface area contributed by atoms with E-state index in [1.54, 1.807) is 0 Å². The lowest BCUT2D eigenvalue weighted by Crippen LogP contribution is -1.93.